The highest BCUT2D eigenvalue weighted by molar-refractivity contribution is 5.85. The quantitative estimate of drug-likeness (QED) is 0.635. The first-order valence-electron chi connectivity index (χ1n) is 5.62. The number of nitrogens with two attached hydrogens (primary N) is 1. The van der Waals surface area contributed by atoms with Gasteiger partial charge in [0.2, 0.25) is 0 Å². The van der Waals surface area contributed by atoms with Crippen LogP contribution >= 0.6 is 0 Å². The van der Waals surface area contributed by atoms with Gasteiger partial charge >= 0.3 is 5.76 Å². The van der Waals surface area contributed by atoms with E-state index in [1.807, 2.05) is 0 Å². The molecule has 0 aliphatic carbocycles. The van der Waals surface area contributed by atoms with Gasteiger partial charge in [0.25, 0.3) is 0 Å². The number of hydrogen-bond donors (Lipinski definition) is 1. The van der Waals surface area contributed by atoms with Crippen LogP contribution in [0.25, 0.3) is 11.1 Å². The monoisotopic (exact) mass is 220 g/mol. The van der Waals surface area contributed by atoms with Gasteiger partial charge in [0.15, 0.2) is 5.58 Å². The van der Waals surface area contributed by atoms with Gasteiger partial charge in [-0.2, -0.15) is 0 Å². The fourth-order valence-corrected chi connectivity index (χ4v) is 1.87. The van der Waals surface area contributed by atoms with Crippen molar-refractivity contribution < 1.29 is 4.42 Å². The van der Waals surface area contributed by atoms with E-state index in [0.717, 1.165) is 24.8 Å². The van der Waals surface area contributed by atoms with Crippen molar-refractivity contribution in [2.24, 2.45) is 0 Å². The van der Waals surface area contributed by atoms with Crippen molar-refractivity contribution in [2.75, 3.05) is 5.73 Å². The zero-order valence-electron chi connectivity index (χ0n) is 9.40. The van der Waals surface area contributed by atoms with Crippen LogP contribution in [-0.4, -0.2) is 4.57 Å². The maximum Gasteiger partial charge on any atom is 0.420 e. The van der Waals surface area contributed by atoms with Crippen LogP contribution in [-0.2, 0) is 6.54 Å². The molecule has 0 spiro atoms. The molecule has 0 atom stereocenters. The highest BCUT2D eigenvalue weighted by atomic mass is 16.4. The van der Waals surface area contributed by atoms with E-state index in [0.29, 0.717) is 17.8 Å². The van der Waals surface area contributed by atoms with E-state index in [-0.39, 0.29) is 5.76 Å². The first-order chi connectivity index (χ1) is 7.74. The number of oxazole rings is 1. The van der Waals surface area contributed by atoms with Crippen molar-refractivity contribution in [3.05, 3.63) is 28.7 Å². The summed E-state index contributed by atoms with van der Waals surface area (Å²) in [4.78, 5) is 11.6. The second-order valence-corrected chi connectivity index (χ2v) is 3.92. The number of hydrogen-bond acceptors (Lipinski definition) is 3. The Morgan fingerprint density at radius 3 is 2.94 bits per heavy atom. The third-order valence-electron chi connectivity index (χ3n) is 2.70. The lowest BCUT2D eigenvalue weighted by molar-refractivity contribution is 0.491. The lowest BCUT2D eigenvalue weighted by Gasteiger charge is -2.02. The van der Waals surface area contributed by atoms with Gasteiger partial charge in [0, 0.05) is 6.54 Å². The summed E-state index contributed by atoms with van der Waals surface area (Å²) >= 11 is 0. The molecule has 0 bridgehead atoms. The lowest BCUT2D eigenvalue weighted by atomic mass is 10.2. The molecule has 16 heavy (non-hydrogen) atoms. The van der Waals surface area contributed by atoms with Crippen molar-refractivity contribution >= 4 is 16.8 Å². The summed E-state index contributed by atoms with van der Waals surface area (Å²) in [5.74, 6) is -0.316. The average molecular weight is 220 g/mol. The molecule has 0 amide bonds. The zero-order valence-corrected chi connectivity index (χ0v) is 9.40. The number of para-hydroxylation sites is 1. The fourth-order valence-electron chi connectivity index (χ4n) is 1.87. The molecule has 0 saturated carbocycles. The molecule has 0 fully saturated rings. The predicted molar refractivity (Wildman–Crippen MR) is 64.4 cm³/mol. The highest BCUT2D eigenvalue weighted by Gasteiger charge is 2.10. The summed E-state index contributed by atoms with van der Waals surface area (Å²) in [6.07, 6.45) is 3.20. The van der Waals surface area contributed by atoms with E-state index >= 15 is 0 Å². The molecule has 0 unspecified atom stereocenters. The summed E-state index contributed by atoms with van der Waals surface area (Å²) in [7, 11) is 0. The third kappa shape index (κ3) is 1.83. The van der Waals surface area contributed by atoms with Crippen molar-refractivity contribution in [2.45, 2.75) is 32.7 Å². The van der Waals surface area contributed by atoms with Crippen LogP contribution in [0.3, 0.4) is 0 Å². The Bertz CT molecular complexity index is 539. The number of anilines is 1. The van der Waals surface area contributed by atoms with Crippen molar-refractivity contribution in [3.8, 4) is 0 Å². The number of rotatable bonds is 4. The van der Waals surface area contributed by atoms with Gasteiger partial charge < -0.3 is 10.2 Å². The molecule has 86 valence electrons. The van der Waals surface area contributed by atoms with Gasteiger partial charge in [-0.15, -0.1) is 0 Å². The van der Waals surface area contributed by atoms with E-state index in [4.69, 9.17) is 10.2 Å². The highest BCUT2D eigenvalue weighted by Crippen LogP contribution is 2.19. The molecule has 1 aromatic carbocycles. The maximum absolute atomic E-state index is 11.6. The van der Waals surface area contributed by atoms with E-state index in [2.05, 4.69) is 6.92 Å². The fraction of sp³-hybridized carbons (Fsp3) is 0.417. The van der Waals surface area contributed by atoms with E-state index in [9.17, 15) is 4.79 Å². The molecular weight excluding hydrogens is 204 g/mol. The number of benzene rings is 1. The van der Waals surface area contributed by atoms with Crippen LogP contribution < -0.4 is 11.5 Å². The van der Waals surface area contributed by atoms with Gasteiger partial charge in [-0.3, -0.25) is 4.57 Å². The normalized spacial score (nSPS) is 11.1. The largest absolute Gasteiger partial charge is 0.420 e. The van der Waals surface area contributed by atoms with Gasteiger partial charge in [-0.05, 0) is 18.6 Å². The molecule has 0 saturated heterocycles. The summed E-state index contributed by atoms with van der Waals surface area (Å²) in [6.45, 7) is 2.80. The topological polar surface area (TPSA) is 61.2 Å². The molecule has 2 N–H and O–H groups in total. The Morgan fingerprint density at radius 1 is 1.38 bits per heavy atom. The van der Waals surface area contributed by atoms with Crippen LogP contribution in [0.4, 0.5) is 5.69 Å². The van der Waals surface area contributed by atoms with E-state index in [1.54, 1.807) is 22.8 Å². The number of nitrogen functional groups attached to an aromatic ring is 1. The Morgan fingerprint density at radius 2 is 2.19 bits per heavy atom. The first-order valence-corrected chi connectivity index (χ1v) is 5.62. The SMILES string of the molecule is CCCCCn1c(=O)oc2cccc(N)c21. The minimum atomic E-state index is -0.316. The molecular formula is C12H16N2O2. The average Bonchev–Trinajstić information content (AvgIpc) is 2.57. The van der Waals surface area contributed by atoms with E-state index < -0.39 is 0 Å². The third-order valence-corrected chi connectivity index (χ3v) is 2.70. The lowest BCUT2D eigenvalue weighted by Crippen LogP contribution is -2.14. The van der Waals surface area contributed by atoms with Crippen molar-refractivity contribution in [3.63, 3.8) is 0 Å². The van der Waals surface area contributed by atoms with Crippen LogP contribution in [0.5, 0.6) is 0 Å². The zero-order chi connectivity index (χ0) is 11.5. The predicted octanol–water partition coefficient (Wildman–Crippen LogP) is 2.37. The molecule has 1 aromatic heterocycles. The molecule has 4 nitrogen and oxygen atoms in total. The molecule has 4 heteroatoms. The van der Waals surface area contributed by atoms with Gasteiger partial charge in [0.05, 0.1) is 5.69 Å². The standard InChI is InChI=1S/C12H16N2O2/c1-2-3-4-8-14-11-9(13)6-5-7-10(11)16-12(14)15/h5-7H,2-4,8,13H2,1H3. The first kappa shape index (κ1) is 10.8. The second kappa shape index (κ2) is 4.43. The number of aryl methyl sites for hydroxylation is 1. The Kier molecular flexibility index (Phi) is 2.99. The van der Waals surface area contributed by atoms with Crippen LogP contribution in [0, 0.1) is 0 Å². The van der Waals surface area contributed by atoms with Crippen LogP contribution in [0.2, 0.25) is 0 Å². The molecule has 0 aliphatic heterocycles. The summed E-state index contributed by atoms with van der Waals surface area (Å²) in [5.41, 5.74) is 7.75. The number of unbranched alkanes of at least 4 members (excludes halogenated alkanes) is 2. The van der Waals surface area contributed by atoms with E-state index in [1.165, 1.54) is 0 Å². The number of nitrogens with zero attached hydrogens (tertiary/aromatic N) is 1. The molecule has 2 rings (SSSR count). The Hall–Kier alpha value is -1.71. The number of fused-ring (bicyclic) bond motifs is 1. The summed E-state index contributed by atoms with van der Waals surface area (Å²) in [5, 5.41) is 0. The summed E-state index contributed by atoms with van der Waals surface area (Å²) < 4.78 is 6.76. The van der Waals surface area contributed by atoms with Crippen LogP contribution in [0.1, 0.15) is 26.2 Å². The van der Waals surface area contributed by atoms with Crippen molar-refractivity contribution in [1.29, 1.82) is 0 Å². The van der Waals surface area contributed by atoms with Gasteiger partial charge in [0.1, 0.15) is 5.52 Å². The molecule has 2 aromatic rings. The minimum Gasteiger partial charge on any atom is -0.408 e. The van der Waals surface area contributed by atoms with Crippen molar-refractivity contribution in [1.82, 2.24) is 4.57 Å². The van der Waals surface area contributed by atoms with Crippen LogP contribution in [0.15, 0.2) is 27.4 Å². The molecule has 0 aliphatic rings. The molecule has 0 radical (unpaired) electrons. The van der Waals surface area contributed by atoms with Gasteiger partial charge in [-0.1, -0.05) is 25.8 Å². The minimum absolute atomic E-state index is 0.316. The van der Waals surface area contributed by atoms with Gasteiger partial charge in [-0.25, -0.2) is 4.79 Å². The molecule has 1 heterocycles. The summed E-state index contributed by atoms with van der Waals surface area (Å²) in [6, 6.07) is 5.34. The number of aromatic nitrogens is 1. The Labute approximate surface area is 93.7 Å². The smallest absolute Gasteiger partial charge is 0.408 e. The second-order valence-electron chi connectivity index (χ2n) is 3.92. The Balaban J connectivity index is 2.43. The maximum atomic E-state index is 11.6.